The van der Waals surface area contributed by atoms with Crippen molar-refractivity contribution in [3.05, 3.63) is 24.3 Å². The second kappa shape index (κ2) is 8.67. The van der Waals surface area contributed by atoms with Gasteiger partial charge in [-0.05, 0) is 50.8 Å². The van der Waals surface area contributed by atoms with Crippen molar-refractivity contribution < 1.29 is 4.79 Å². The van der Waals surface area contributed by atoms with E-state index in [0.717, 1.165) is 43.7 Å². The molecule has 1 aliphatic rings. The number of piperidine rings is 1. The number of amides is 1. The number of hydrogen-bond donors (Lipinski definition) is 2. The molecule has 0 atom stereocenters. The molecular formula is C17H27N3O. The lowest BCUT2D eigenvalue weighted by Crippen LogP contribution is -2.30. The molecule has 2 rings (SSSR count). The number of hydrogen-bond acceptors (Lipinski definition) is 3. The molecule has 1 aromatic rings. The third kappa shape index (κ3) is 5.05. The number of nitrogens with zero attached hydrogens (tertiary/aromatic N) is 1. The number of para-hydroxylation sites is 2. The molecule has 1 aromatic carbocycles. The Bertz CT molecular complexity index is 441. The summed E-state index contributed by atoms with van der Waals surface area (Å²) in [5.41, 5.74) is 7.57. The van der Waals surface area contributed by atoms with Crippen LogP contribution in [0.15, 0.2) is 24.3 Å². The van der Waals surface area contributed by atoms with Crippen LogP contribution < -0.4 is 16.0 Å². The molecule has 4 heteroatoms. The van der Waals surface area contributed by atoms with Crippen molar-refractivity contribution in [1.82, 2.24) is 0 Å². The normalized spacial score (nSPS) is 15.0. The highest BCUT2D eigenvalue weighted by Gasteiger charge is 2.15. The largest absolute Gasteiger partial charge is 0.370 e. The van der Waals surface area contributed by atoms with Gasteiger partial charge in [0.1, 0.15) is 0 Å². The maximum Gasteiger partial charge on any atom is 0.224 e. The number of rotatable bonds is 7. The predicted molar refractivity (Wildman–Crippen MR) is 88.7 cm³/mol. The molecule has 3 N–H and O–H groups in total. The summed E-state index contributed by atoms with van der Waals surface area (Å²) >= 11 is 0. The van der Waals surface area contributed by atoms with E-state index >= 15 is 0 Å². The Morgan fingerprint density at radius 3 is 2.62 bits per heavy atom. The summed E-state index contributed by atoms with van der Waals surface area (Å²) in [4.78, 5) is 14.4. The van der Waals surface area contributed by atoms with Crippen LogP contribution in [0.5, 0.6) is 0 Å². The zero-order chi connectivity index (χ0) is 14.9. The summed E-state index contributed by atoms with van der Waals surface area (Å²) in [6.45, 7) is 2.88. The van der Waals surface area contributed by atoms with E-state index in [2.05, 4.69) is 16.3 Å². The highest BCUT2D eigenvalue weighted by atomic mass is 16.1. The van der Waals surface area contributed by atoms with E-state index < -0.39 is 0 Å². The lowest BCUT2D eigenvalue weighted by molar-refractivity contribution is -0.116. The van der Waals surface area contributed by atoms with Crippen molar-refractivity contribution in [3.8, 4) is 0 Å². The second-order valence-corrected chi connectivity index (χ2v) is 5.71. The number of carbonyl (C=O) groups is 1. The summed E-state index contributed by atoms with van der Waals surface area (Å²) < 4.78 is 0. The van der Waals surface area contributed by atoms with E-state index in [4.69, 9.17) is 5.73 Å². The van der Waals surface area contributed by atoms with Gasteiger partial charge in [0.25, 0.3) is 0 Å². The SMILES string of the molecule is NCCCCCC(=O)Nc1ccccc1N1CCCCC1. The highest BCUT2D eigenvalue weighted by molar-refractivity contribution is 5.94. The van der Waals surface area contributed by atoms with Gasteiger partial charge in [-0.15, -0.1) is 0 Å². The van der Waals surface area contributed by atoms with Crippen molar-refractivity contribution in [2.75, 3.05) is 29.9 Å². The average molecular weight is 289 g/mol. The summed E-state index contributed by atoms with van der Waals surface area (Å²) in [6.07, 6.45) is 7.30. The first-order valence-corrected chi connectivity index (χ1v) is 8.15. The van der Waals surface area contributed by atoms with E-state index in [1.807, 2.05) is 18.2 Å². The molecule has 1 aliphatic heterocycles. The van der Waals surface area contributed by atoms with Crippen molar-refractivity contribution >= 4 is 17.3 Å². The Hall–Kier alpha value is -1.55. The number of carbonyl (C=O) groups excluding carboxylic acids is 1. The molecule has 0 spiro atoms. The van der Waals surface area contributed by atoms with Crippen LogP contribution in [0.1, 0.15) is 44.9 Å². The first kappa shape index (κ1) is 15.8. The third-order valence-corrected chi connectivity index (χ3v) is 3.98. The van der Waals surface area contributed by atoms with Crippen molar-refractivity contribution in [1.29, 1.82) is 0 Å². The quantitative estimate of drug-likeness (QED) is 0.758. The minimum atomic E-state index is 0.108. The minimum Gasteiger partial charge on any atom is -0.370 e. The lowest BCUT2D eigenvalue weighted by atomic mass is 10.1. The van der Waals surface area contributed by atoms with Gasteiger partial charge < -0.3 is 16.0 Å². The van der Waals surface area contributed by atoms with Crippen LogP contribution >= 0.6 is 0 Å². The molecule has 0 aromatic heterocycles. The van der Waals surface area contributed by atoms with Gasteiger partial charge in [-0.25, -0.2) is 0 Å². The summed E-state index contributed by atoms with van der Waals surface area (Å²) in [6, 6.07) is 8.13. The smallest absolute Gasteiger partial charge is 0.224 e. The molecule has 4 nitrogen and oxygen atoms in total. The monoisotopic (exact) mass is 289 g/mol. The van der Waals surface area contributed by atoms with Gasteiger partial charge in [-0.1, -0.05) is 18.6 Å². The van der Waals surface area contributed by atoms with Crippen LogP contribution in [0.25, 0.3) is 0 Å². The van der Waals surface area contributed by atoms with E-state index in [-0.39, 0.29) is 5.91 Å². The average Bonchev–Trinajstić information content (AvgIpc) is 2.53. The number of nitrogens with one attached hydrogen (secondary N) is 1. The zero-order valence-corrected chi connectivity index (χ0v) is 12.8. The van der Waals surface area contributed by atoms with Crippen LogP contribution in [0.4, 0.5) is 11.4 Å². The molecule has 0 bridgehead atoms. The standard InChI is InChI=1S/C17H27N3O/c18-12-6-1-3-11-17(21)19-15-9-4-5-10-16(15)20-13-7-2-8-14-20/h4-5,9-10H,1-3,6-8,11-14,18H2,(H,19,21). The Kier molecular flexibility index (Phi) is 6.54. The molecule has 1 fully saturated rings. The molecule has 0 saturated carbocycles. The Balaban J connectivity index is 1.91. The van der Waals surface area contributed by atoms with E-state index in [9.17, 15) is 4.79 Å². The van der Waals surface area contributed by atoms with Gasteiger partial charge in [-0.3, -0.25) is 4.79 Å². The first-order chi connectivity index (χ1) is 10.3. The van der Waals surface area contributed by atoms with E-state index in [0.29, 0.717) is 13.0 Å². The van der Waals surface area contributed by atoms with Crippen LogP contribution in [-0.4, -0.2) is 25.5 Å². The molecule has 1 saturated heterocycles. The lowest BCUT2D eigenvalue weighted by Gasteiger charge is -2.30. The molecule has 0 unspecified atom stereocenters. The Morgan fingerprint density at radius 1 is 1.10 bits per heavy atom. The van der Waals surface area contributed by atoms with Crippen molar-refractivity contribution in [2.24, 2.45) is 5.73 Å². The topological polar surface area (TPSA) is 58.4 Å². The molecule has 0 radical (unpaired) electrons. The fourth-order valence-corrected chi connectivity index (χ4v) is 2.81. The maximum absolute atomic E-state index is 12.0. The fourth-order valence-electron chi connectivity index (χ4n) is 2.81. The number of unbranched alkanes of at least 4 members (excludes halogenated alkanes) is 2. The molecule has 1 amide bonds. The molecule has 0 aliphatic carbocycles. The highest BCUT2D eigenvalue weighted by Crippen LogP contribution is 2.28. The molecular weight excluding hydrogens is 262 g/mol. The van der Waals surface area contributed by atoms with Gasteiger partial charge in [0.2, 0.25) is 5.91 Å². The van der Waals surface area contributed by atoms with Gasteiger partial charge in [-0.2, -0.15) is 0 Å². The number of nitrogens with two attached hydrogens (primary N) is 1. The maximum atomic E-state index is 12.0. The van der Waals surface area contributed by atoms with Gasteiger partial charge >= 0.3 is 0 Å². The van der Waals surface area contributed by atoms with E-state index in [1.54, 1.807) is 0 Å². The van der Waals surface area contributed by atoms with Gasteiger partial charge in [0.15, 0.2) is 0 Å². The van der Waals surface area contributed by atoms with E-state index in [1.165, 1.54) is 19.3 Å². The molecule has 21 heavy (non-hydrogen) atoms. The summed E-state index contributed by atoms with van der Waals surface area (Å²) in [7, 11) is 0. The van der Waals surface area contributed by atoms with Crippen LogP contribution in [0.2, 0.25) is 0 Å². The van der Waals surface area contributed by atoms with Gasteiger partial charge in [0.05, 0.1) is 11.4 Å². The predicted octanol–water partition coefficient (Wildman–Crippen LogP) is 3.13. The Morgan fingerprint density at radius 2 is 1.86 bits per heavy atom. The van der Waals surface area contributed by atoms with Crippen molar-refractivity contribution in [3.63, 3.8) is 0 Å². The summed E-state index contributed by atoms with van der Waals surface area (Å²) in [5.74, 6) is 0.108. The number of anilines is 2. The van der Waals surface area contributed by atoms with Crippen LogP contribution in [0.3, 0.4) is 0 Å². The van der Waals surface area contributed by atoms with Crippen LogP contribution in [0, 0.1) is 0 Å². The Labute approximate surface area is 127 Å². The first-order valence-electron chi connectivity index (χ1n) is 8.15. The molecule has 116 valence electrons. The second-order valence-electron chi connectivity index (χ2n) is 5.71. The number of benzene rings is 1. The minimum absolute atomic E-state index is 0.108. The summed E-state index contributed by atoms with van der Waals surface area (Å²) in [5, 5.41) is 3.07. The molecule has 1 heterocycles. The van der Waals surface area contributed by atoms with Crippen molar-refractivity contribution in [2.45, 2.75) is 44.9 Å². The zero-order valence-electron chi connectivity index (χ0n) is 12.8. The fraction of sp³-hybridized carbons (Fsp3) is 0.588. The third-order valence-electron chi connectivity index (χ3n) is 3.98. The van der Waals surface area contributed by atoms with Crippen LogP contribution in [-0.2, 0) is 4.79 Å². The van der Waals surface area contributed by atoms with Gasteiger partial charge in [0, 0.05) is 19.5 Å².